The van der Waals surface area contributed by atoms with E-state index >= 15 is 0 Å². The number of anilines is 1. The molecule has 5 heteroatoms. The van der Waals surface area contributed by atoms with E-state index < -0.39 is 6.43 Å². The summed E-state index contributed by atoms with van der Waals surface area (Å²) in [5.41, 5.74) is 5.37. The van der Waals surface area contributed by atoms with Gasteiger partial charge in [-0.3, -0.25) is 0 Å². The summed E-state index contributed by atoms with van der Waals surface area (Å²) in [6, 6.07) is 0. The summed E-state index contributed by atoms with van der Waals surface area (Å²) in [7, 11) is 0. The van der Waals surface area contributed by atoms with Crippen molar-refractivity contribution in [3.63, 3.8) is 0 Å². The topological polar surface area (TPSA) is 38.9 Å². The van der Waals surface area contributed by atoms with Crippen LogP contribution in [0.1, 0.15) is 17.6 Å². The molecule has 0 aromatic carbocycles. The molecule has 66 valence electrons. The Morgan fingerprint density at radius 2 is 2.17 bits per heavy atom. The monoisotopic (exact) mass is 192 g/mol. The number of nitrogens with two attached hydrogens (primary N) is 1. The first-order valence-corrected chi connectivity index (χ1v) is 3.60. The lowest BCUT2D eigenvalue weighted by atomic mass is 10.1. The molecule has 12 heavy (non-hydrogen) atoms. The van der Waals surface area contributed by atoms with Crippen LogP contribution in [0.25, 0.3) is 0 Å². The number of rotatable bonds is 1. The van der Waals surface area contributed by atoms with Gasteiger partial charge in [0.1, 0.15) is 5.82 Å². The van der Waals surface area contributed by atoms with Gasteiger partial charge < -0.3 is 5.73 Å². The Balaban J connectivity index is 3.33. The van der Waals surface area contributed by atoms with E-state index in [1.165, 1.54) is 13.1 Å². The van der Waals surface area contributed by atoms with Crippen molar-refractivity contribution < 1.29 is 8.78 Å². The van der Waals surface area contributed by atoms with Gasteiger partial charge >= 0.3 is 0 Å². The maximum atomic E-state index is 12.3. The summed E-state index contributed by atoms with van der Waals surface area (Å²) in [6.07, 6.45) is -1.33. The number of hydrogen-bond donors (Lipinski definition) is 1. The third-order valence-electron chi connectivity index (χ3n) is 1.50. The van der Waals surface area contributed by atoms with Gasteiger partial charge in [0.05, 0.1) is 5.02 Å². The van der Waals surface area contributed by atoms with Crippen LogP contribution < -0.4 is 5.73 Å². The van der Waals surface area contributed by atoms with Crippen molar-refractivity contribution in [1.29, 1.82) is 0 Å². The third kappa shape index (κ3) is 1.48. The maximum absolute atomic E-state index is 12.3. The fraction of sp³-hybridized carbons (Fsp3) is 0.286. The second-order valence-corrected chi connectivity index (χ2v) is 2.73. The minimum atomic E-state index is -2.61. The first kappa shape index (κ1) is 9.19. The molecule has 0 saturated heterocycles. The molecule has 0 amide bonds. The van der Waals surface area contributed by atoms with Crippen LogP contribution in [0.5, 0.6) is 0 Å². The number of pyridine rings is 1. The van der Waals surface area contributed by atoms with Gasteiger partial charge in [0, 0.05) is 11.8 Å². The number of alkyl halides is 2. The molecule has 0 fully saturated rings. The summed E-state index contributed by atoms with van der Waals surface area (Å²) in [6.45, 7) is 1.51. The zero-order valence-corrected chi connectivity index (χ0v) is 7.07. The molecule has 0 aliphatic carbocycles. The Kier molecular flexibility index (Phi) is 2.47. The van der Waals surface area contributed by atoms with Gasteiger partial charge in [0.25, 0.3) is 6.43 Å². The fourth-order valence-electron chi connectivity index (χ4n) is 0.872. The molecular weight excluding hydrogens is 186 g/mol. The normalized spacial score (nSPS) is 10.8. The Labute approximate surface area is 73.4 Å². The number of halogens is 3. The number of nitrogens with zero attached hydrogens (tertiary/aromatic N) is 1. The Hall–Kier alpha value is -0.900. The van der Waals surface area contributed by atoms with Crippen LogP contribution in [-0.2, 0) is 0 Å². The molecule has 0 atom stereocenters. The second kappa shape index (κ2) is 3.23. The van der Waals surface area contributed by atoms with E-state index in [1.54, 1.807) is 0 Å². The van der Waals surface area contributed by atoms with E-state index in [2.05, 4.69) is 4.98 Å². The Morgan fingerprint density at radius 3 is 2.58 bits per heavy atom. The van der Waals surface area contributed by atoms with Crippen molar-refractivity contribution in [2.24, 2.45) is 0 Å². The quantitative estimate of drug-likeness (QED) is 0.743. The maximum Gasteiger partial charge on any atom is 0.265 e. The third-order valence-corrected chi connectivity index (χ3v) is 1.90. The van der Waals surface area contributed by atoms with Crippen LogP contribution in [0.3, 0.4) is 0 Å². The SMILES string of the molecule is Cc1cnc(N)c(Cl)c1C(F)F. The van der Waals surface area contributed by atoms with Gasteiger partial charge in [-0.1, -0.05) is 11.6 Å². The number of aromatic nitrogens is 1. The number of hydrogen-bond acceptors (Lipinski definition) is 2. The van der Waals surface area contributed by atoms with Gasteiger partial charge in [0.15, 0.2) is 0 Å². The smallest absolute Gasteiger partial charge is 0.265 e. The highest BCUT2D eigenvalue weighted by atomic mass is 35.5. The van der Waals surface area contributed by atoms with Crippen LogP contribution in [0, 0.1) is 6.92 Å². The summed E-state index contributed by atoms with van der Waals surface area (Å²) >= 11 is 5.53. The zero-order valence-electron chi connectivity index (χ0n) is 6.31. The predicted molar refractivity (Wildman–Crippen MR) is 43.4 cm³/mol. The minimum absolute atomic E-state index is 0.0578. The Bertz CT molecular complexity index is 302. The molecule has 0 unspecified atom stereocenters. The van der Waals surface area contributed by atoms with E-state index in [0.29, 0.717) is 5.56 Å². The van der Waals surface area contributed by atoms with Crippen molar-refractivity contribution >= 4 is 17.4 Å². The predicted octanol–water partition coefficient (Wildman–Crippen LogP) is 2.56. The van der Waals surface area contributed by atoms with Gasteiger partial charge in [-0.15, -0.1) is 0 Å². The van der Waals surface area contributed by atoms with E-state index in [9.17, 15) is 8.78 Å². The minimum Gasteiger partial charge on any atom is -0.382 e. The standard InChI is InChI=1S/C7H7ClF2N2/c1-3-2-12-7(11)5(8)4(3)6(9)10/h2,6H,1H3,(H2,11,12). The highest BCUT2D eigenvalue weighted by Crippen LogP contribution is 2.32. The van der Waals surface area contributed by atoms with Crippen LogP contribution >= 0.6 is 11.6 Å². The number of aryl methyl sites for hydroxylation is 1. The van der Waals surface area contributed by atoms with E-state index in [1.807, 2.05) is 0 Å². The molecule has 1 aromatic rings. The molecule has 1 heterocycles. The van der Waals surface area contributed by atoms with Crippen LogP contribution in [0.15, 0.2) is 6.20 Å². The van der Waals surface area contributed by atoms with Gasteiger partial charge in [0.2, 0.25) is 0 Å². The molecule has 0 aliphatic heterocycles. The molecule has 0 saturated carbocycles. The fourth-order valence-corrected chi connectivity index (χ4v) is 1.15. The molecule has 1 aromatic heterocycles. The average molecular weight is 193 g/mol. The van der Waals surface area contributed by atoms with Gasteiger partial charge in [-0.05, 0) is 12.5 Å². The van der Waals surface area contributed by atoms with Crippen molar-refractivity contribution in [3.05, 3.63) is 22.3 Å². The lowest BCUT2D eigenvalue weighted by Crippen LogP contribution is -1.98. The average Bonchev–Trinajstić information content (AvgIpc) is 1.97. The summed E-state index contributed by atoms with van der Waals surface area (Å²) in [5.74, 6) is -0.0578. The van der Waals surface area contributed by atoms with Crippen molar-refractivity contribution in [2.45, 2.75) is 13.3 Å². The lowest BCUT2D eigenvalue weighted by molar-refractivity contribution is 0.150. The molecule has 2 N–H and O–H groups in total. The highest BCUT2D eigenvalue weighted by Gasteiger charge is 2.17. The van der Waals surface area contributed by atoms with Gasteiger partial charge in [-0.2, -0.15) is 0 Å². The van der Waals surface area contributed by atoms with E-state index in [0.717, 1.165) is 0 Å². The number of nitrogen functional groups attached to an aromatic ring is 1. The molecule has 0 spiro atoms. The van der Waals surface area contributed by atoms with Crippen LogP contribution in [-0.4, -0.2) is 4.98 Å². The largest absolute Gasteiger partial charge is 0.382 e. The first-order chi connectivity index (χ1) is 5.54. The Morgan fingerprint density at radius 1 is 1.58 bits per heavy atom. The molecule has 0 bridgehead atoms. The lowest BCUT2D eigenvalue weighted by Gasteiger charge is -2.07. The summed E-state index contributed by atoms with van der Waals surface area (Å²) < 4.78 is 24.6. The highest BCUT2D eigenvalue weighted by molar-refractivity contribution is 6.33. The first-order valence-electron chi connectivity index (χ1n) is 3.22. The molecule has 0 radical (unpaired) electrons. The van der Waals surface area contributed by atoms with Crippen molar-refractivity contribution in [1.82, 2.24) is 4.98 Å². The molecule has 2 nitrogen and oxygen atoms in total. The van der Waals surface area contributed by atoms with E-state index in [4.69, 9.17) is 17.3 Å². The molecular formula is C7H7ClF2N2. The molecule has 0 aliphatic rings. The van der Waals surface area contributed by atoms with Crippen molar-refractivity contribution in [3.8, 4) is 0 Å². The summed E-state index contributed by atoms with van der Waals surface area (Å²) in [5, 5.41) is -0.148. The molecule has 1 rings (SSSR count). The summed E-state index contributed by atoms with van der Waals surface area (Å²) in [4.78, 5) is 3.63. The van der Waals surface area contributed by atoms with Gasteiger partial charge in [-0.25, -0.2) is 13.8 Å². The second-order valence-electron chi connectivity index (χ2n) is 2.35. The van der Waals surface area contributed by atoms with Crippen molar-refractivity contribution in [2.75, 3.05) is 5.73 Å². The van der Waals surface area contributed by atoms with Crippen LogP contribution in [0.2, 0.25) is 5.02 Å². The van der Waals surface area contributed by atoms with Crippen LogP contribution in [0.4, 0.5) is 14.6 Å². The zero-order chi connectivity index (χ0) is 9.30. The van der Waals surface area contributed by atoms with E-state index in [-0.39, 0.29) is 16.4 Å².